The largest absolute Gasteiger partial charge is 0.372 e. The Balaban J connectivity index is 0.00000306. The molecule has 6 nitrogen and oxygen atoms in total. The van der Waals surface area contributed by atoms with Crippen molar-refractivity contribution < 1.29 is 14.0 Å². The lowest BCUT2D eigenvalue weighted by Crippen LogP contribution is -2.58. The third-order valence-electron chi connectivity index (χ3n) is 5.98. The lowest BCUT2D eigenvalue weighted by molar-refractivity contribution is -0.815. The van der Waals surface area contributed by atoms with E-state index in [0.717, 1.165) is 6.16 Å². The van der Waals surface area contributed by atoms with Gasteiger partial charge in [-0.2, -0.15) is 0 Å². The lowest BCUT2D eigenvalue weighted by Gasteiger charge is -2.30. The maximum absolute atomic E-state index is 11.4. The molecule has 3 aromatic rings. The molecule has 0 heterocycles. The molecular weight excluding hydrogens is 502 g/mol. The summed E-state index contributed by atoms with van der Waals surface area (Å²) in [6, 6.07) is 32.0. The summed E-state index contributed by atoms with van der Waals surface area (Å²) in [5.41, 5.74) is 11.1. The predicted octanol–water partition coefficient (Wildman–Crippen LogP) is 2.67. The van der Waals surface area contributed by atoms with Gasteiger partial charge in [-0.25, -0.2) is 5.41 Å². The molecular formula is C26H35Cl2N4O2P+2. The van der Waals surface area contributed by atoms with E-state index in [0.29, 0.717) is 19.8 Å². The molecule has 0 saturated carbocycles. The number of hydrogen-bond donors (Lipinski definition) is 3. The first kappa shape index (κ1) is 30.6. The first-order chi connectivity index (χ1) is 15.9. The van der Waals surface area contributed by atoms with Crippen molar-refractivity contribution in [3.05, 3.63) is 91.0 Å². The summed E-state index contributed by atoms with van der Waals surface area (Å²) in [7, 11) is -0.219. The molecule has 188 valence electrons. The maximum atomic E-state index is 11.4. The fourth-order valence-corrected chi connectivity index (χ4v) is 8.20. The van der Waals surface area contributed by atoms with Gasteiger partial charge in [0, 0.05) is 0 Å². The molecule has 0 aromatic heterocycles. The van der Waals surface area contributed by atoms with Crippen LogP contribution in [0.4, 0.5) is 0 Å². The van der Waals surface area contributed by atoms with E-state index in [4.69, 9.17) is 21.6 Å². The van der Waals surface area contributed by atoms with Gasteiger partial charge in [0.1, 0.15) is 29.7 Å². The first-order valence-electron chi connectivity index (χ1n) is 11.0. The highest BCUT2D eigenvalue weighted by Gasteiger charge is 2.44. The third-order valence-corrected chi connectivity index (χ3v) is 10.4. The standard InChI is InChI=1S/C26H32N4O2P.2ClH/c1-30(26(28)29,21-25(27)31)17-18-32-19-20-33(22-11-5-2-6-12-22,23-13-7-3-8-14-23)24-15-9-4-10-16-24;;/h2-16H,17-21H2,1H3,(H4-,27,28,29,31);2*1H/q+1;;/p+1. The number of ether oxygens (including phenoxy) is 1. The van der Waals surface area contributed by atoms with E-state index in [2.05, 4.69) is 72.8 Å². The number of halogens is 2. The molecule has 3 rings (SSSR count). The van der Waals surface area contributed by atoms with Gasteiger partial charge in [-0.3, -0.25) is 9.28 Å². The van der Waals surface area contributed by atoms with E-state index in [-0.39, 0.29) is 41.8 Å². The molecule has 5 N–H and O–H groups in total. The third kappa shape index (κ3) is 7.50. The molecule has 0 bridgehead atoms. The van der Waals surface area contributed by atoms with Gasteiger partial charge in [-0.1, -0.05) is 54.6 Å². The number of rotatable bonds is 11. The highest BCUT2D eigenvalue weighted by molar-refractivity contribution is 7.95. The number of amides is 1. The fraction of sp³-hybridized carbons (Fsp3) is 0.231. The van der Waals surface area contributed by atoms with Crippen LogP contribution in [0.25, 0.3) is 0 Å². The number of carbonyl (C=O) groups is 1. The Labute approximate surface area is 220 Å². The minimum Gasteiger partial charge on any atom is -0.372 e. The number of primary amides is 1. The normalized spacial score (nSPS) is 12.5. The van der Waals surface area contributed by atoms with Gasteiger partial charge in [0.25, 0.3) is 11.9 Å². The summed E-state index contributed by atoms with van der Waals surface area (Å²) in [6.07, 6.45) is 0.838. The number of nitrogens with zero attached hydrogens (tertiary/aromatic N) is 1. The summed E-state index contributed by atoms with van der Waals surface area (Å²) >= 11 is 0. The van der Waals surface area contributed by atoms with Crippen molar-refractivity contribution in [2.45, 2.75) is 0 Å². The van der Waals surface area contributed by atoms with E-state index in [1.54, 1.807) is 7.05 Å². The summed E-state index contributed by atoms with van der Waals surface area (Å²) in [6.45, 7) is 1.31. The molecule has 0 fully saturated rings. The minimum absolute atomic E-state index is 0. The van der Waals surface area contributed by atoms with E-state index < -0.39 is 13.2 Å². The molecule has 3 aromatic carbocycles. The van der Waals surface area contributed by atoms with Crippen LogP contribution in [0.3, 0.4) is 0 Å². The zero-order valence-electron chi connectivity index (χ0n) is 19.9. The van der Waals surface area contributed by atoms with Crippen molar-refractivity contribution in [2.24, 2.45) is 11.5 Å². The lowest BCUT2D eigenvalue weighted by atomic mass is 10.4. The number of likely N-dealkylation sites (N-methyl/N-ethyl adjacent to an activating group) is 1. The Morgan fingerprint density at radius 2 is 1.20 bits per heavy atom. The highest BCUT2D eigenvalue weighted by Crippen LogP contribution is 2.54. The highest BCUT2D eigenvalue weighted by atomic mass is 35.5. The van der Waals surface area contributed by atoms with E-state index in [9.17, 15) is 4.79 Å². The first-order valence-corrected chi connectivity index (χ1v) is 13.0. The summed E-state index contributed by atoms with van der Waals surface area (Å²) in [5.74, 6) is -0.591. The number of carbonyl (C=O) groups excluding carboxylic acids is 1. The van der Waals surface area contributed by atoms with Crippen molar-refractivity contribution in [1.82, 2.24) is 0 Å². The number of guanidine groups is 1. The second kappa shape index (κ2) is 14.2. The SMILES string of the molecule is C[N+](CCOCC[P+](c1ccccc1)(c1ccccc1)c1ccccc1)(CC(N)=O)C(=N)N.Cl.Cl. The quantitative estimate of drug-likeness (QED) is 0.115. The van der Waals surface area contributed by atoms with Crippen LogP contribution in [0.1, 0.15) is 0 Å². The maximum Gasteiger partial charge on any atom is 0.292 e. The molecule has 0 aliphatic rings. The molecule has 0 aliphatic carbocycles. The Morgan fingerprint density at radius 1 is 0.800 bits per heavy atom. The van der Waals surface area contributed by atoms with Gasteiger partial charge in [-0.05, 0) is 36.4 Å². The molecule has 9 heteroatoms. The Hall–Kier alpha value is -2.47. The van der Waals surface area contributed by atoms with Crippen molar-refractivity contribution in [3.63, 3.8) is 0 Å². The van der Waals surface area contributed by atoms with Crippen molar-refractivity contribution >= 4 is 59.9 Å². The monoisotopic (exact) mass is 536 g/mol. The smallest absolute Gasteiger partial charge is 0.292 e. The molecule has 1 unspecified atom stereocenters. The average molecular weight is 537 g/mol. The number of hydrogen-bond acceptors (Lipinski definition) is 3. The Morgan fingerprint density at radius 3 is 1.54 bits per heavy atom. The van der Waals surface area contributed by atoms with Crippen molar-refractivity contribution in [1.29, 1.82) is 5.41 Å². The van der Waals surface area contributed by atoms with Crippen LogP contribution in [-0.4, -0.2) is 55.9 Å². The number of nitrogens with two attached hydrogens (primary N) is 2. The zero-order valence-corrected chi connectivity index (χ0v) is 22.4. The molecule has 0 spiro atoms. The van der Waals surface area contributed by atoms with Gasteiger partial charge in [0.05, 0.1) is 26.4 Å². The van der Waals surface area contributed by atoms with Gasteiger partial charge in [0.15, 0.2) is 6.54 Å². The van der Waals surface area contributed by atoms with Gasteiger partial charge in [-0.15, -0.1) is 24.8 Å². The van der Waals surface area contributed by atoms with Crippen LogP contribution >= 0.6 is 32.1 Å². The van der Waals surface area contributed by atoms with Crippen LogP contribution < -0.4 is 27.4 Å². The molecule has 35 heavy (non-hydrogen) atoms. The Kier molecular flexibility index (Phi) is 12.4. The summed E-state index contributed by atoms with van der Waals surface area (Å²) < 4.78 is 6.04. The van der Waals surface area contributed by atoms with Crippen molar-refractivity contribution in [3.8, 4) is 0 Å². The molecule has 0 aliphatic heterocycles. The fourth-order valence-electron chi connectivity index (χ4n) is 4.08. The molecule has 0 saturated heterocycles. The zero-order chi connectivity index (χ0) is 23.7. The van der Waals surface area contributed by atoms with E-state index >= 15 is 0 Å². The minimum atomic E-state index is -1.95. The number of quaternary nitrogens is 1. The molecule has 1 atom stereocenters. The average Bonchev–Trinajstić information content (AvgIpc) is 2.83. The van der Waals surface area contributed by atoms with Crippen molar-refractivity contribution in [2.75, 3.05) is 39.5 Å². The molecule has 1 amide bonds. The second-order valence-electron chi connectivity index (χ2n) is 8.28. The number of benzene rings is 3. The Bertz CT molecular complexity index is 962. The predicted molar refractivity (Wildman–Crippen MR) is 152 cm³/mol. The second-order valence-corrected chi connectivity index (χ2v) is 11.9. The van der Waals surface area contributed by atoms with Crippen LogP contribution in [0.2, 0.25) is 0 Å². The van der Waals surface area contributed by atoms with E-state index in [1.807, 2.05) is 18.2 Å². The summed E-state index contributed by atoms with van der Waals surface area (Å²) in [5, 5.41) is 11.8. The van der Waals surface area contributed by atoms with Crippen LogP contribution in [0, 0.1) is 5.41 Å². The van der Waals surface area contributed by atoms with Crippen LogP contribution in [0.5, 0.6) is 0 Å². The number of nitrogens with one attached hydrogen (secondary N) is 1. The van der Waals surface area contributed by atoms with Crippen LogP contribution in [-0.2, 0) is 9.53 Å². The van der Waals surface area contributed by atoms with Gasteiger partial charge in [0.2, 0.25) is 0 Å². The molecule has 0 radical (unpaired) electrons. The van der Waals surface area contributed by atoms with Gasteiger partial charge < -0.3 is 16.2 Å². The van der Waals surface area contributed by atoms with Gasteiger partial charge >= 0.3 is 0 Å². The summed E-state index contributed by atoms with van der Waals surface area (Å²) in [4.78, 5) is 11.4. The van der Waals surface area contributed by atoms with E-state index in [1.165, 1.54) is 15.9 Å². The topological polar surface area (TPSA) is 102 Å². The van der Waals surface area contributed by atoms with Crippen LogP contribution in [0.15, 0.2) is 91.0 Å².